The topological polar surface area (TPSA) is 49.8 Å². The molecule has 2 aromatic rings. The minimum atomic E-state index is -0.0540. The molecule has 2 heterocycles. The quantitative estimate of drug-likeness (QED) is 0.676. The van der Waals surface area contributed by atoms with Crippen molar-refractivity contribution < 1.29 is 14.6 Å². The number of morpholine rings is 1. The van der Waals surface area contributed by atoms with Gasteiger partial charge in [-0.05, 0) is 41.8 Å². The Morgan fingerprint density at radius 2 is 2.13 bits per heavy atom. The molecule has 3 rings (SSSR count). The first kappa shape index (κ1) is 15.9. The number of allylic oxidation sites excluding steroid dienone is 1. The number of rotatable bonds is 5. The van der Waals surface area contributed by atoms with Crippen LogP contribution in [0.15, 0.2) is 41.8 Å². The van der Waals surface area contributed by atoms with Crippen molar-refractivity contribution in [1.82, 2.24) is 4.90 Å². The maximum absolute atomic E-state index is 12.3. The molecule has 1 fully saturated rings. The molecule has 0 unspecified atom stereocenters. The van der Waals surface area contributed by atoms with Gasteiger partial charge in [0.2, 0.25) is 0 Å². The van der Waals surface area contributed by atoms with Crippen molar-refractivity contribution in [3.8, 4) is 5.75 Å². The van der Waals surface area contributed by atoms with Gasteiger partial charge in [-0.25, -0.2) is 0 Å². The van der Waals surface area contributed by atoms with E-state index in [1.54, 1.807) is 35.6 Å². The summed E-state index contributed by atoms with van der Waals surface area (Å²) in [5.74, 6) is 0.178. The van der Waals surface area contributed by atoms with Gasteiger partial charge in [0.1, 0.15) is 5.75 Å². The molecule has 0 amide bonds. The highest BCUT2D eigenvalue weighted by Crippen LogP contribution is 2.22. The lowest BCUT2D eigenvalue weighted by Gasteiger charge is -2.26. The van der Waals surface area contributed by atoms with Crippen molar-refractivity contribution in [1.29, 1.82) is 0 Å². The number of phenols is 1. The maximum Gasteiger partial charge on any atom is 0.185 e. The number of carbonyl (C=O) groups is 1. The minimum absolute atomic E-state index is 0.0540. The number of hydrogen-bond donors (Lipinski definition) is 1. The summed E-state index contributed by atoms with van der Waals surface area (Å²) < 4.78 is 5.33. The number of ether oxygens (including phenoxy) is 1. The van der Waals surface area contributed by atoms with E-state index in [9.17, 15) is 9.90 Å². The second-order valence-corrected chi connectivity index (χ2v) is 6.42. The predicted molar refractivity (Wildman–Crippen MR) is 91.9 cm³/mol. The first-order valence-electron chi connectivity index (χ1n) is 7.60. The summed E-state index contributed by atoms with van der Waals surface area (Å²) in [7, 11) is 0. The van der Waals surface area contributed by atoms with Gasteiger partial charge in [-0.15, -0.1) is 11.3 Å². The molecular weight excluding hydrogens is 310 g/mol. The van der Waals surface area contributed by atoms with Crippen molar-refractivity contribution in [2.24, 2.45) is 0 Å². The van der Waals surface area contributed by atoms with E-state index < -0.39 is 0 Å². The number of ketones is 1. The van der Waals surface area contributed by atoms with Gasteiger partial charge in [-0.3, -0.25) is 9.69 Å². The van der Waals surface area contributed by atoms with Gasteiger partial charge < -0.3 is 9.84 Å². The fourth-order valence-corrected chi connectivity index (χ4v) is 3.12. The SMILES string of the molecule is O=C(/C=C/c1cccs1)c1ccc(O)c(CN2CCOCC2)c1. The Morgan fingerprint density at radius 3 is 2.87 bits per heavy atom. The number of aromatic hydroxyl groups is 1. The van der Waals surface area contributed by atoms with Crippen molar-refractivity contribution in [2.45, 2.75) is 6.54 Å². The molecule has 120 valence electrons. The van der Waals surface area contributed by atoms with Crippen molar-refractivity contribution in [2.75, 3.05) is 26.3 Å². The normalized spacial score (nSPS) is 16.0. The largest absolute Gasteiger partial charge is 0.508 e. The van der Waals surface area contributed by atoms with E-state index in [4.69, 9.17) is 4.74 Å². The molecule has 1 N–H and O–H groups in total. The Balaban J connectivity index is 1.72. The van der Waals surface area contributed by atoms with Gasteiger partial charge in [0.15, 0.2) is 5.78 Å². The van der Waals surface area contributed by atoms with E-state index in [2.05, 4.69) is 4.90 Å². The highest BCUT2D eigenvalue weighted by Gasteiger charge is 2.14. The van der Waals surface area contributed by atoms with Crippen LogP contribution in [0.5, 0.6) is 5.75 Å². The fourth-order valence-electron chi connectivity index (χ4n) is 2.51. The number of hydrogen-bond acceptors (Lipinski definition) is 5. The summed E-state index contributed by atoms with van der Waals surface area (Å²) in [6.07, 6.45) is 3.40. The van der Waals surface area contributed by atoms with E-state index in [1.165, 1.54) is 0 Å². The molecule has 23 heavy (non-hydrogen) atoms. The van der Waals surface area contributed by atoms with Crippen LogP contribution in [0.4, 0.5) is 0 Å². The zero-order chi connectivity index (χ0) is 16.1. The number of phenolic OH excluding ortho intramolecular Hbond substituents is 1. The van der Waals surface area contributed by atoms with E-state index in [-0.39, 0.29) is 11.5 Å². The number of nitrogens with zero attached hydrogens (tertiary/aromatic N) is 1. The molecule has 1 saturated heterocycles. The van der Waals surface area contributed by atoms with Crippen LogP contribution in [-0.4, -0.2) is 42.1 Å². The number of thiophene rings is 1. The maximum atomic E-state index is 12.3. The van der Waals surface area contributed by atoms with E-state index in [0.29, 0.717) is 25.3 Å². The zero-order valence-electron chi connectivity index (χ0n) is 12.8. The van der Waals surface area contributed by atoms with Crippen molar-refractivity contribution >= 4 is 23.2 Å². The summed E-state index contributed by atoms with van der Waals surface area (Å²) in [4.78, 5) is 15.6. The Bertz CT molecular complexity index is 688. The predicted octanol–water partition coefficient (Wildman–Crippen LogP) is 3.18. The van der Waals surface area contributed by atoms with Crippen LogP contribution in [0.3, 0.4) is 0 Å². The molecule has 1 aliphatic rings. The van der Waals surface area contributed by atoms with Crippen LogP contribution < -0.4 is 0 Å². The van der Waals surface area contributed by atoms with E-state index in [1.807, 2.05) is 23.6 Å². The molecule has 1 aromatic carbocycles. The van der Waals surface area contributed by atoms with Crippen LogP contribution in [-0.2, 0) is 11.3 Å². The molecule has 1 aliphatic heterocycles. The third-order valence-corrected chi connectivity index (χ3v) is 4.64. The summed E-state index contributed by atoms with van der Waals surface area (Å²) in [6, 6.07) is 8.97. The number of benzene rings is 1. The molecule has 4 nitrogen and oxygen atoms in total. The highest BCUT2D eigenvalue weighted by molar-refractivity contribution is 7.10. The van der Waals surface area contributed by atoms with Gasteiger partial charge in [-0.1, -0.05) is 6.07 Å². The third-order valence-electron chi connectivity index (χ3n) is 3.80. The molecule has 0 spiro atoms. The Kier molecular flexibility index (Phi) is 5.23. The van der Waals surface area contributed by atoms with Gasteiger partial charge in [0, 0.05) is 35.6 Å². The average molecular weight is 329 g/mol. The summed E-state index contributed by atoms with van der Waals surface area (Å²) in [5, 5.41) is 12.0. The van der Waals surface area contributed by atoms with Crippen molar-refractivity contribution in [3.05, 3.63) is 57.8 Å². The van der Waals surface area contributed by atoms with Crippen molar-refractivity contribution in [3.63, 3.8) is 0 Å². The average Bonchev–Trinajstić information content (AvgIpc) is 3.09. The smallest absolute Gasteiger partial charge is 0.185 e. The summed E-state index contributed by atoms with van der Waals surface area (Å²) in [6.45, 7) is 3.74. The molecular formula is C18H19NO3S. The van der Waals surface area contributed by atoms with Crippen LogP contribution >= 0.6 is 11.3 Å². The lowest BCUT2D eigenvalue weighted by molar-refractivity contribution is 0.0339. The lowest BCUT2D eigenvalue weighted by atomic mass is 10.0. The second-order valence-electron chi connectivity index (χ2n) is 5.45. The van der Waals surface area contributed by atoms with Gasteiger partial charge in [-0.2, -0.15) is 0 Å². The molecule has 0 radical (unpaired) electrons. The first-order valence-corrected chi connectivity index (χ1v) is 8.48. The van der Waals surface area contributed by atoms with Crippen LogP contribution in [0.1, 0.15) is 20.8 Å². The summed E-state index contributed by atoms with van der Waals surface area (Å²) in [5.41, 5.74) is 1.38. The second kappa shape index (κ2) is 7.55. The van der Waals surface area contributed by atoms with Crippen LogP contribution in [0, 0.1) is 0 Å². The van der Waals surface area contributed by atoms with E-state index in [0.717, 1.165) is 23.5 Å². The fraction of sp³-hybridized carbons (Fsp3) is 0.278. The monoisotopic (exact) mass is 329 g/mol. The molecule has 5 heteroatoms. The van der Waals surface area contributed by atoms with Gasteiger partial charge in [0.25, 0.3) is 0 Å². The lowest BCUT2D eigenvalue weighted by Crippen LogP contribution is -2.35. The first-order chi connectivity index (χ1) is 11.2. The standard InChI is InChI=1S/C18H19NO3S/c20-17(6-4-16-2-1-11-23-16)14-3-5-18(21)15(12-14)13-19-7-9-22-10-8-19/h1-6,11-12,21H,7-10,13H2/b6-4+. The summed E-state index contributed by atoms with van der Waals surface area (Å²) >= 11 is 1.59. The molecule has 0 aliphatic carbocycles. The molecule has 0 atom stereocenters. The number of carbonyl (C=O) groups excluding carboxylic acids is 1. The Labute approximate surface area is 139 Å². The van der Waals surface area contributed by atoms with E-state index >= 15 is 0 Å². The molecule has 0 bridgehead atoms. The Morgan fingerprint density at radius 1 is 1.30 bits per heavy atom. The Hall–Kier alpha value is -1.95. The van der Waals surface area contributed by atoms with Crippen LogP contribution in [0.25, 0.3) is 6.08 Å². The zero-order valence-corrected chi connectivity index (χ0v) is 13.6. The highest BCUT2D eigenvalue weighted by atomic mass is 32.1. The molecule has 0 saturated carbocycles. The molecule has 1 aromatic heterocycles. The third kappa shape index (κ3) is 4.28. The van der Waals surface area contributed by atoms with Crippen LogP contribution in [0.2, 0.25) is 0 Å². The minimum Gasteiger partial charge on any atom is -0.508 e. The van der Waals surface area contributed by atoms with Gasteiger partial charge in [0.05, 0.1) is 13.2 Å². The van der Waals surface area contributed by atoms with Gasteiger partial charge >= 0.3 is 0 Å².